The molecule has 1 aromatic rings. The minimum absolute atomic E-state index is 0.0230. The van der Waals surface area contributed by atoms with Gasteiger partial charge in [0, 0.05) is 38.0 Å². The quantitative estimate of drug-likeness (QED) is 0.150. The summed E-state index contributed by atoms with van der Waals surface area (Å²) in [7, 11) is -1.09. The van der Waals surface area contributed by atoms with E-state index in [1.165, 1.54) is 13.2 Å². The highest BCUT2D eigenvalue weighted by Gasteiger charge is 2.39. The molecule has 178 valence electrons. The summed E-state index contributed by atoms with van der Waals surface area (Å²) in [6.07, 6.45) is 2.57. The summed E-state index contributed by atoms with van der Waals surface area (Å²) in [5, 5.41) is 14.8. The van der Waals surface area contributed by atoms with Gasteiger partial charge in [-0.2, -0.15) is 0 Å². The van der Waals surface area contributed by atoms with Crippen LogP contribution in [-0.4, -0.2) is 53.8 Å². The molecule has 1 aromatic carbocycles. The largest absolute Gasteiger partial charge is 0.500 e. The maximum Gasteiger partial charge on any atom is 0.500 e. The summed E-state index contributed by atoms with van der Waals surface area (Å²) in [5.41, 5.74) is 0.585. The molecular weight excluding hydrogens is 420 g/mol. The number of nitro benzene ring substituents is 1. The molecule has 0 heterocycles. The Morgan fingerprint density at radius 2 is 1.65 bits per heavy atom. The molecular formula is C21H38N2O7Si. The predicted octanol–water partition coefficient (Wildman–Crippen LogP) is 4.31. The molecule has 31 heavy (non-hydrogen) atoms. The number of nitrogens with one attached hydrogen (secondary N) is 1. The van der Waals surface area contributed by atoms with Crippen LogP contribution in [0.3, 0.4) is 0 Å². The van der Waals surface area contributed by atoms with Crippen LogP contribution in [-0.2, 0) is 19.8 Å². The molecule has 1 rings (SSSR count). The second-order valence-corrected chi connectivity index (χ2v) is 9.59. The number of nitrogens with zero attached hydrogens (tertiary/aromatic N) is 1. The molecule has 0 aromatic heterocycles. The lowest BCUT2D eigenvalue weighted by atomic mass is 10.1. The Morgan fingerprint density at radius 1 is 1.00 bits per heavy atom. The second kappa shape index (κ2) is 15.1. The van der Waals surface area contributed by atoms with Crippen LogP contribution in [0.25, 0.3) is 0 Å². The third-order valence-corrected chi connectivity index (χ3v) is 7.67. The molecule has 0 fully saturated rings. The van der Waals surface area contributed by atoms with E-state index in [0.717, 1.165) is 25.3 Å². The minimum atomic E-state index is -2.62. The number of unbranched alkanes of at least 4 members (excludes halogenated alkanes) is 1. The van der Waals surface area contributed by atoms with E-state index in [9.17, 15) is 10.1 Å². The molecule has 0 saturated heterocycles. The van der Waals surface area contributed by atoms with Gasteiger partial charge >= 0.3 is 8.80 Å². The summed E-state index contributed by atoms with van der Waals surface area (Å²) in [4.78, 5) is 11.1. The van der Waals surface area contributed by atoms with Gasteiger partial charge in [0.15, 0.2) is 11.5 Å². The van der Waals surface area contributed by atoms with E-state index in [2.05, 4.69) is 5.32 Å². The smallest absolute Gasteiger partial charge is 0.493 e. The zero-order chi connectivity index (χ0) is 23.1. The Kier molecular flexibility index (Phi) is 13.3. The molecule has 0 saturated carbocycles. The van der Waals surface area contributed by atoms with Crippen LogP contribution < -0.4 is 14.8 Å². The highest BCUT2D eigenvalue weighted by molar-refractivity contribution is 6.60. The summed E-state index contributed by atoms with van der Waals surface area (Å²) in [6.45, 7) is 11.1. The van der Waals surface area contributed by atoms with Crippen molar-refractivity contribution in [3.05, 3.63) is 27.8 Å². The average Bonchev–Trinajstić information content (AvgIpc) is 2.75. The van der Waals surface area contributed by atoms with Crippen LogP contribution in [0.4, 0.5) is 5.69 Å². The number of hydrogen-bond acceptors (Lipinski definition) is 8. The normalized spacial score (nSPS) is 11.5. The fraction of sp³-hybridized carbons (Fsp3) is 0.714. The Balaban J connectivity index is 2.65. The molecule has 10 heteroatoms. The first-order chi connectivity index (χ1) is 15.0. The molecule has 0 aliphatic rings. The molecule has 0 unspecified atom stereocenters. The number of rotatable bonds is 18. The first kappa shape index (κ1) is 27.3. The number of nitro groups is 1. The van der Waals surface area contributed by atoms with Gasteiger partial charge in [0.2, 0.25) is 0 Å². The van der Waals surface area contributed by atoms with E-state index in [1.54, 1.807) is 6.07 Å². The number of methoxy groups -OCH3 is 1. The molecule has 0 aliphatic heterocycles. The van der Waals surface area contributed by atoms with Gasteiger partial charge < -0.3 is 28.1 Å². The third-order valence-electron chi connectivity index (χ3n) is 4.52. The van der Waals surface area contributed by atoms with E-state index in [-0.39, 0.29) is 10.6 Å². The highest BCUT2D eigenvalue weighted by atomic mass is 28.4. The summed E-state index contributed by atoms with van der Waals surface area (Å²) in [5.74, 6) is 0.889. The predicted molar refractivity (Wildman–Crippen MR) is 122 cm³/mol. The molecule has 1 N–H and O–H groups in total. The minimum Gasteiger partial charge on any atom is -0.493 e. The standard InChI is InChI=1S/C21H38N2O7Si/c1-6-13-27-21-16-19(23(24)25)18(15-20(21)26-5)17-22-12-10-11-14-31(28-7-2,29-8-3)30-9-4/h15-16,22H,6-14,17H2,1-5H3. The number of ether oxygens (including phenoxy) is 2. The van der Waals surface area contributed by atoms with E-state index in [4.69, 9.17) is 22.8 Å². The molecule has 0 atom stereocenters. The molecule has 0 spiro atoms. The average molecular weight is 459 g/mol. The maximum absolute atomic E-state index is 11.5. The van der Waals surface area contributed by atoms with Crippen LogP contribution in [0.2, 0.25) is 6.04 Å². The van der Waals surface area contributed by atoms with Crippen LogP contribution >= 0.6 is 0 Å². The van der Waals surface area contributed by atoms with E-state index < -0.39 is 8.80 Å². The fourth-order valence-corrected chi connectivity index (χ4v) is 5.89. The van der Waals surface area contributed by atoms with Crippen molar-refractivity contribution < 1.29 is 27.7 Å². The van der Waals surface area contributed by atoms with Crippen molar-refractivity contribution in [2.75, 3.05) is 40.1 Å². The second-order valence-electron chi connectivity index (χ2n) is 6.85. The van der Waals surface area contributed by atoms with Crippen LogP contribution in [0, 0.1) is 10.1 Å². The van der Waals surface area contributed by atoms with Gasteiger partial charge in [-0.3, -0.25) is 10.1 Å². The van der Waals surface area contributed by atoms with Crippen molar-refractivity contribution >= 4 is 14.5 Å². The molecule has 0 radical (unpaired) electrons. The van der Waals surface area contributed by atoms with E-state index in [0.29, 0.717) is 56.6 Å². The Labute approximate surface area is 186 Å². The summed E-state index contributed by atoms with van der Waals surface area (Å²) in [6, 6.07) is 3.87. The van der Waals surface area contributed by atoms with Crippen LogP contribution in [0.5, 0.6) is 11.5 Å². The van der Waals surface area contributed by atoms with E-state index >= 15 is 0 Å². The first-order valence-electron chi connectivity index (χ1n) is 11.1. The monoisotopic (exact) mass is 458 g/mol. The zero-order valence-electron chi connectivity index (χ0n) is 19.5. The van der Waals surface area contributed by atoms with Gasteiger partial charge in [0.05, 0.1) is 24.7 Å². The topological polar surface area (TPSA) is 101 Å². The first-order valence-corrected chi connectivity index (χ1v) is 13.0. The Morgan fingerprint density at radius 3 is 2.16 bits per heavy atom. The zero-order valence-corrected chi connectivity index (χ0v) is 20.5. The van der Waals surface area contributed by atoms with E-state index in [1.807, 2.05) is 27.7 Å². The van der Waals surface area contributed by atoms with Crippen molar-refractivity contribution in [1.82, 2.24) is 5.32 Å². The number of benzene rings is 1. The van der Waals surface area contributed by atoms with Gasteiger partial charge in [0.25, 0.3) is 5.69 Å². The lowest BCUT2D eigenvalue weighted by Gasteiger charge is -2.28. The third kappa shape index (κ3) is 9.12. The molecule has 0 amide bonds. The summed E-state index contributed by atoms with van der Waals surface area (Å²) < 4.78 is 28.5. The maximum atomic E-state index is 11.5. The van der Waals surface area contributed by atoms with Gasteiger partial charge in [-0.15, -0.1) is 0 Å². The van der Waals surface area contributed by atoms with Crippen molar-refractivity contribution in [3.8, 4) is 11.5 Å². The summed E-state index contributed by atoms with van der Waals surface area (Å²) >= 11 is 0. The van der Waals surface area contributed by atoms with Gasteiger partial charge in [0.1, 0.15) is 0 Å². The van der Waals surface area contributed by atoms with Crippen molar-refractivity contribution in [2.24, 2.45) is 0 Å². The number of hydrogen-bond donors (Lipinski definition) is 1. The Hall–Kier alpha value is -1.72. The molecule has 0 aliphatic carbocycles. The lowest BCUT2D eigenvalue weighted by Crippen LogP contribution is -2.46. The fourth-order valence-electron chi connectivity index (χ4n) is 3.20. The van der Waals surface area contributed by atoms with Crippen LogP contribution in [0.15, 0.2) is 12.1 Å². The van der Waals surface area contributed by atoms with Crippen molar-refractivity contribution in [1.29, 1.82) is 0 Å². The van der Waals surface area contributed by atoms with Gasteiger partial charge in [-0.05, 0) is 52.6 Å². The van der Waals surface area contributed by atoms with Crippen molar-refractivity contribution in [2.45, 2.75) is 59.5 Å². The molecule has 9 nitrogen and oxygen atoms in total. The lowest BCUT2D eigenvalue weighted by molar-refractivity contribution is -0.385. The SMILES string of the molecule is CCCOc1cc([N+](=O)[O-])c(CNCCCC[Si](OCC)(OCC)OCC)cc1OC. The molecule has 0 bridgehead atoms. The van der Waals surface area contributed by atoms with Gasteiger partial charge in [-0.25, -0.2) is 0 Å². The van der Waals surface area contributed by atoms with Crippen molar-refractivity contribution in [3.63, 3.8) is 0 Å². The highest BCUT2D eigenvalue weighted by Crippen LogP contribution is 2.34. The van der Waals surface area contributed by atoms with Gasteiger partial charge in [-0.1, -0.05) is 6.92 Å². The Bertz CT molecular complexity index is 644. The van der Waals surface area contributed by atoms with Crippen LogP contribution in [0.1, 0.15) is 52.5 Å².